The fourth-order valence-corrected chi connectivity index (χ4v) is 2.84. The van der Waals surface area contributed by atoms with Gasteiger partial charge in [-0.2, -0.15) is 0 Å². The normalized spacial score (nSPS) is 35.7. The van der Waals surface area contributed by atoms with Gasteiger partial charge in [-0.05, 0) is 31.6 Å². The topological polar surface area (TPSA) is 32.3 Å². The van der Waals surface area contributed by atoms with Gasteiger partial charge in [-0.3, -0.25) is 4.79 Å². The Balaban J connectivity index is 1.84. The first-order valence-corrected chi connectivity index (χ1v) is 5.63. The fourth-order valence-electron chi connectivity index (χ4n) is 2.84. The van der Waals surface area contributed by atoms with Crippen molar-refractivity contribution in [2.24, 2.45) is 5.92 Å². The van der Waals surface area contributed by atoms with E-state index in [0.29, 0.717) is 0 Å². The number of piperidine rings is 1. The van der Waals surface area contributed by atoms with E-state index >= 15 is 0 Å². The van der Waals surface area contributed by atoms with E-state index < -0.39 is 0 Å². The third-order valence-electron chi connectivity index (χ3n) is 3.64. The van der Waals surface area contributed by atoms with Crippen molar-refractivity contribution in [1.29, 1.82) is 0 Å². The molecule has 3 heteroatoms. The van der Waals surface area contributed by atoms with Crippen molar-refractivity contribution in [1.82, 2.24) is 10.2 Å². The number of amides is 1. The van der Waals surface area contributed by atoms with Crippen molar-refractivity contribution < 1.29 is 4.79 Å². The molecular weight excluding hydrogens is 176 g/mol. The van der Waals surface area contributed by atoms with Crippen molar-refractivity contribution in [3.8, 4) is 0 Å². The molecule has 2 aliphatic heterocycles. The highest BCUT2D eigenvalue weighted by molar-refractivity contribution is 5.72. The number of carbonyl (C=O) groups is 1. The van der Waals surface area contributed by atoms with E-state index in [1.165, 1.54) is 25.7 Å². The van der Waals surface area contributed by atoms with Crippen molar-refractivity contribution in [2.45, 2.75) is 44.7 Å². The molecule has 80 valence electrons. The number of nitrogens with one attached hydrogen (secondary N) is 1. The Morgan fingerprint density at radius 1 is 1.36 bits per heavy atom. The lowest BCUT2D eigenvalue weighted by Crippen LogP contribution is -2.42. The molecule has 0 radical (unpaired) electrons. The smallest absolute Gasteiger partial charge is 0.219 e. The van der Waals surface area contributed by atoms with Crippen LogP contribution in [0.15, 0.2) is 0 Å². The van der Waals surface area contributed by atoms with Gasteiger partial charge in [0.15, 0.2) is 0 Å². The molecule has 2 bridgehead atoms. The minimum atomic E-state index is 0.191. The van der Waals surface area contributed by atoms with Crippen molar-refractivity contribution in [3.05, 3.63) is 0 Å². The van der Waals surface area contributed by atoms with Crippen LogP contribution in [-0.2, 0) is 4.79 Å². The Kier molecular flexibility index (Phi) is 2.77. The van der Waals surface area contributed by atoms with Gasteiger partial charge in [0.05, 0.1) is 0 Å². The molecule has 2 atom stereocenters. The summed E-state index contributed by atoms with van der Waals surface area (Å²) in [6, 6.07) is 1.47. The van der Waals surface area contributed by atoms with Gasteiger partial charge in [0.25, 0.3) is 0 Å². The lowest BCUT2D eigenvalue weighted by molar-refractivity contribution is -0.128. The Bertz CT molecular complexity index is 217. The van der Waals surface area contributed by atoms with Crippen LogP contribution in [0.3, 0.4) is 0 Å². The Morgan fingerprint density at radius 2 is 1.93 bits per heavy atom. The van der Waals surface area contributed by atoms with Crippen LogP contribution in [0.5, 0.6) is 0 Å². The van der Waals surface area contributed by atoms with Gasteiger partial charge in [-0.15, -0.1) is 0 Å². The van der Waals surface area contributed by atoms with Gasteiger partial charge < -0.3 is 10.2 Å². The third kappa shape index (κ3) is 2.08. The SMILES string of the molecule is CC(=O)N(C)CC1CC2CCC(C1)N2. The molecule has 2 fully saturated rings. The van der Waals surface area contributed by atoms with Gasteiger partial charge in [0.2, 0.25) is 5.91 Å². The molecular formula is C11H20N2O. The molecule has 2 saturated heterocycles. The summed E-state index contributed by atoms with van der Waals surface area (Å²) in [4.78, 5) is 13.0. The molecule has 2 unspecified atom stereocenters. The standard InChI is InChI=1S/C11H20N2O/c1-8(14)13(2)7-9-5-10-3-4-11(6-9)12-10/h9-12H,3-7H2,1-2H3. The second kappa shape index (κ2) is 3.89. The molecule has 0 saturated carbocycles. The number of hydrogen-bond acceptors (Lipinski definition) is 2. The molecule has 0 aliphatic carbocycles. The molecule has 3 nitrogen and oxygen atoms in total. The summed E-state index contributed by atoms with van der Waals surface area (Å²) >= 11 is 0. The minimum absolute atomic E-state index is 0.191. The predicted octanol–water partition coefficient (Wildman–Crippen LogP) is 0.995. The summed E-state index contributed by atoms with van der Waals surface area (Å²) in [5, 5.41) is 3.62. The number of hydrogen-bond donors (Lipinski definition) is 1. The average molecular weight is 196 g/mol. The largest absolute Gasteiger partial charge is 0.346 e. The highest BCUT2D eigenvalue weighted by Gasteiger charge is 2.33. The highest BCUT2D eigenvalue weighted by Crippen LogP contribution is 2.31. The van der Waals surface area contributed by atoms with E-state index in [1.807, 2.05) is 11.9 Å². The van der Waals surface area contributed by atoms with Crippen molar-refractivity contribution >= 4 is 5.91 Å². The van der Waals surface area contributed by atoms with E-state index in [1.54, 1.807) is 6.92 Å². The second-order valence-corrected chi connectivity index (χ2v) is 4.87. The number of fused-ring (bicyclic) bond motifs is 2. The number of rotatable bonds is 2. The summed E-state index contributed by atoms with van der Waals surface area (Å²) in [5.41, 5.74) is 0. The Hall–Kier alpha value is -0.570. The first kappa shape index (κ1) is 9.97. The quantitative estimate of drug-likeness (QED) is 0.714. The predicted molar refractivity (Wildman–Crippen MR) is 56.0 cm³/mol. The maximum atomic E-state index is 11.1. The van der Waals surface area contributed by atoms with E-state index in [2.05, 4.69) is 5.32 Å². The van der Waals surface area contributed by atoms with Crippen LogP contribution in [0.4, 0.5) is 0 Å². The molecule has 0 spiro atoms. The first-order valence-electron chi connectivity index (χ1n) is 5.63. The molecule has 14 heavy (non-hydrogen) atoms. The van der Waals surface area contributed by atoms with Gasteiger partial charge in [0, 0.05) is 32.6 Å². The van der Waals surface area contributed by atoms with Gasteiger partial charge in [-0.1, -0.05) is 0 Å². The van der Waals surface area contributed by atoms with Crippen molar-refractivity contribution in [2.75, 3.05) is 13.6 Å². The maximum Gasteiger partial charge on any atom is 0.219 e. The second-order valence-electron chi connectivity index (χ2n) is 4.87. The summed E-state index contributed by atoms with van der Waals surface area (Å²) in [5.74, 6) is 0.915. The number of carbonyl (C=O) groups excluding carboxylic acids is 1. The molecule has 2 aliphatic rings. The van der Waals surface area contributed by atoms with Crippen LogP contribution < -0.4 is 5.32 Å². The van der Waals surface area contributed by atoms with E-state index in [4.69, 9.17) is 0 Å². The van der Waals surface area contributed by atoms with Crippen LogP contribution in [-0.4, -0.2) is 36.5 Å². The molecule has 0 aromatic carbocycles. The highest BCUT2D eigenvalue weighted by atomic mass is 16.2. The first-order chi connectivity index (χ1) is 6.65. The monoisotopic (exact) mass is 196 g/mol. The molecule has 2 heterocycles. The zero-order valence-electron chi connectivity index (χ0n) is 9.12. The fraction of sp³-hybridized carbons (Fsp3) is 0.909. The van der Waals surface area contributed by atoms with E-state index in [9.17, 15) is 4.79 Å². The summed E-state index contributed by atoms with van der Waals surface area (Å²) < 4.78 is 0. The van der Waals surface area contributed by atoms with Gasteiger partial charge >= 0.3 is 0 Å². The summed E-state index contributed by atoms with van der Waals surface area (Å²) in [7, 11) is 1.91. The zero-order chi connectivity index (χ0) is 10.1. The molecule has 1 amide bonds. The number of nitrogens with zero attached hydrogens (tertiary/aromatic N) is 1. The van der Waals surface area contributed by atoms with Crippen LogP contribution >= 0.6 is 0 Å². The van der Waals surface area contributed by atoms with Crippen LogP contribution in [0, 0.1) is 5.92 Å². The summed E-state index contributed by atoms with van der Waals surface area (Å²) in [6.07, 6.45) is 5.19. The van der Waals surface area contributed by atoms with Gasteiger partial charge in [0.1, 0.15) is 0 Å². The maximum absolute atomic E-state index is 11.1. The van der Waals surface area contributed by atoms with Crippen LogP contribution in [0.2, 0.25) is 0 Å². The summed E-state index contributed by atoms with van der Waals surface area (Å²) in [6.45, 7) is 2.60. The molecule has 2 rings (SSSR count). The molecule has 0 aromatic heterocycles. The molecule has 0 aromatic rings. The third-order valence-corrected chi connectivity index (χ3v) is 3.64. The molecule has 1 N–H and O–H groups in total. The Morgan fingerprint density at radius 3 is 2.43 bits per heavy atom. The van der Waals surface area contributed by atoms with Gasteiger partial charge in [-0.25, -0.2) is 0 Å². The zero-order valence-corrected chi connectivity index (χ0v) is 9.12. The lowest BCUT2D eigenvalue weighted by Gasteiger charge is -2.31. The van der Waals surface area contributed by atoms with Crippen LogP contribution in [0.25, 0.3) is 0 Å². The van der Waals surface area contributed by atoms with Crippen LogP contribution in [0.1, 0.15) is 32.6 Å². The van der Waals surface area contributed by atoms with E-state index in [0.717, 1.165) is 24.5 Å². The average Bonchev–Trinajstić information content (AvgIpc) is 2.45. The minimum Gasteiger partial charge on any atom is -0.346 e. The van der Waals surface area contributed by atoms with Crippen molar-refractivity contribution in [3.63, 3.8) is 0 Å². The lowest BCUT2D eigenvalue weighted by atomic mass is 9.92. The Labute approximate surface area is 85.8 Å². The van der Waals surface area contributed by atoms with E-state index in [-0.39, 0.29) is 5.91 Å².